The number of rotatable bonds is 4. The maximum atomic E-state index is 12.2. The van der Waals surface area contributed by atoms with Gasteiger partial charge >= 0.3 is 0 Å². The van der Waals surface area contributed by atoms with Gasteiger partial charge < -0.3 is 10.3 Å². The van der Waals surface area contributed by atoms with Crippen LogP contribution in [0.2, 0.25) is 0 Å². The van der Waals surface area contributed by atoms with Gasteiger partial charge in [0.05, 0.1) is 5.69 Å². The first-order chi connectivity index (χ1) is 10.2. The molecular formula is C16H18N4O. The molecule has 2 aromatic heterocycles. The van der Waals surface area contributed by atoms with Crippen LogP contribution in [-0.4, -0.2) is 20.7 Å². The van der Waals surface area contributed by atoms with Crippen LogP contribution in [0.4, 0.5) is 0 Å². The van der Waals surface area contributed by atoms with Crippen LogP contribution in [0.1, 0.15) is 28.5 Å². The molecule has 1 amide bonds. The molecule has 0 aliphatic rings. The maximum Gasteiger partial charge on any atom is 0.251 e. The number of fused-ring (bicyclic) bond motifs is 1. The zero-order chi connectivity index (χ0) is 14.8. The Bertz CT molecular complexity index is 785. The summed E-state index contributed by atoms with van der Waals surface area (Å²) >= 11 is 0. The van der Waals surface area contributed by atoms with Crippen LogP contribution < -0.4 is 5.32 Å². The Kier molecular flexibility index (Phi) is 3.48. The van der Waals surface area contributed by atoms with Crippen LogP contribution >= 0.6 is 0 Å². The summed E-state index contributed by atoms with van der Waals surface area (Å²) in [6.07, 6.45) is 4.69. The van der Waals surface area contributed by atoms with Gasteiger partial charge in [0, 0.05) is 48.0 Å². The van der Waals surface area contributed by atoms with Crippen molar-refractivity contribution in [3.8, 4) is 0 Å². The summed E-state index contributed by atoms with van der Waals surface area (Å²) in [5, 5.41) is 8.37. The lowest BCUT2D eigenvalue weighted by Crippen LogP contribution is -2.23. The fourth-order valence-electron chi connectivity index (χ4n) is 2.50. The summed E-state index contributed by atoms with van der Waals surface area (Å²) in [6.45, 7) is 2.56. The van der Waals surface area contributed by atoms with Crippen molar-refractivity contribution in [3.63, 3.8) is 0 Å². The van der Waals surface area contributed by atoms with E-state index in [4.69, 9.17) is 0 Å². The number of aryl methyl sites for hydroxylation is 2. The Labute approximate surface area is 123 Å². The van der Waals surface area contributed by atoms with E-state index in [2.05, 4.69) is 22.3 Å². The van der Waals surface area contributed by atoms with Crippen molar-refractivity contribution in [2.75, 3.05) is 0 Å². The lowest BCUT2D eigenvalue weighted by Gasteiger charge is -2.05. The average Bonchev–Trinajstić information content (AvgIpc) is 3.09. The third kappa shape index (κ3) is 2.67. The van der Waals surface area contributed by atoms with Crippen molar-refractivity contribution in [2.45, 2.75) is 19.9 Å². The van der Waals surface area contributed by atoms with E-state index in [-0.39, 0.29) is 5.91 Å². The van der Waals surface area contributed by atoms with Crippen molar-refractivity contribution in [1.82, 2.24) is 20.1 Å². The molecule has 0 fully saturated rings. The van der Waals surface area contributed by atoms with Gasteiger partial charge in [-0.25, -0.2) is 0 Å². The second-order valence-electron chi connectivity index (χ2n) is 5.09. The standard InChI is InChI=1S/C16H18N4O/c1-3-14-13(10-20(2)19-14)9-18-16(21)12-4-5-15-11(8-12)6-7-17-15/h4-8,10,17H,3,9H2,1-2H3,(H,18,21). The minimum absolute atomic E-state index is 0.0657. The Morgan fingerprint density at radius 3 is 3.05 bits per heavy atom. The van der Waals surface area contributed by atoms with Gasteiger partial charge in [0.15, 0.2) is 0 Å². The molecule has 1 aromatic carbocycles. The molecule has 0 saturated carbocycles. The van der Waals surface area contributed by atoms with Gasteiger partial charge in [-0.05, 0) is 30.7 Å². The first-order valence-electron chi connectivity index (χ1n) is 7.04. The highest BCUT2D eigenvalue weighted by Crippen LogP contribution is 2.14. The first kappa shape index (κ1) is 13.4. The summed E-state index contributed by atoms with van der Waals surface area (Å²) in [5.74, 6) is -0.0657. The molecular weight excluding hydrogens is 264 g/mol. The second-order valence-corrected chi connectivity index (χ2v) is 5.09. The largest absolute Gasteiger partial charge is 0.361 e. The van der Waals surface area contributed by atoms with E-state index in [1.807, 2.05) is 43.7 Å². The fraction of sp³-hybridized carbons (Fsp3) is 0.250. The number of carbonyl (C=O) groups is 1. The van der Waals surface area contributed by atoms with Crippen LogP contribution in [0.15, 0.2) is 36.7 Å². The van der Waals surface area contributed by atoms with Crippen LogP contribution in [0.3, 0.4) is 0 Å². The van der Waals surface area contributed by atoms with E-state index in [9.17, 15) is 4.79 Å². The number of nitrogens with one attached hydrogen (secondary N) is 2. The summed E-state index contributed by atoms with van der Waals surface area (Å²) in [6, 6.07) is 7.61. The van der Waals surface area contributed by atoms with E-state index < -0.39 is 0 Å². The molecule has 5 heteroatoms. The van der Waals surface area contributed by atoms with Gasteiger partial charge in [-0.1, -0.05) is 6.92 Å². The van der Waals surface area contributed by atoms with Crippen molar-refractivity contribution in [2.24, 2.45) is 7.05 Å². The van der Waals surface area contributed by atoms with Gasteiger partial charge in [-0.15, -0.1) is 0 Å². The predicted octanol–water partition coefficient (Wildman–Crippen LogP) is 2.39. The van der Waals surface area contributed by atoms with Gasteiger partial charge in [0.25, 0.3) is 5.91 Å². The van der Waals surface area contributed by atoms with Crippen molar-refractivity contribution < 1.29 is 4.79 Å². The molecule has 0 unspecified atom stereocenters. The van der Waals surface area contributed by atoms with Crippen molar-refractivity contribution in [3.05, 3.63) is 53.5 Å². The number of nitrogens with zero attached hydrogens (tertiary/aromatic N) is 2. The molecule has 0 radical (unpaired) electrons. The zero-order valence-corrected chi connectivity index (χ0v) is 12.2. The van der Waals surface area contributed by atoms with E-state index in [0.29, 0.717) is 12.1 Å². The molecule has 108 valence electrons. The van der Waals surface area contributed by atoms with Gasteiger partial charge in [-0.2, -0.15) is 5.10 Å². The normalized spacial score (nSPS) is 11.0. The summed E-state index contributed by atoms with van der Waals surface area (Å²) < 4.78 is 1.78. The van der Waals surface area contributed by atoms with Crippen LogP contribution in [0.5, 0.6) is 0 Å². The quantitative estimate of drug-likeness (QED) is 0.772. The van der Waals surface area contributed by atoms with Crippen molar-refractivity contribution in [1.29, 1.82) is 0 Å². The van der Waals surface area contributed by atoms with Crippen LogP contribution in [-0.2, 0) is 20.0 Å². The number of aromatic amines is 1. The zero-order valence-electron chi connectivity index (χ0n) is 12.2. The number of hydrogen-bond acceptors (Lipinski definition) is 2. The minimum atomic E-state index is -0.0657. The van der Waals surface area contributed by atoms with E-state index in [1.54, 1.807) is 4.68 Å². The van der Waals surface area contributed by atoms with Crippen LogP contribution in [0.25, 0.3) is 10.9 Å². The minimum Gasteiger partial charge on any atom is -0.361 e. The molecule has 21 heavy (non-hydrogen) atoms. The molecule has 0 aliphatic heterocycles. The summed E-state index contributed by atoms with van der Waals surface area (Å²) in [5.41, 5.74) is 3.80. The van der Waals surface area contributed by atoms with E-state index >= 15 is 0 Å². The molecule has 2 N–H and O–H groups in total. The SMILES string of the molecule is CCc1nn(C)cc1CNC(=O)c1ccc2[nH]ccc2c1. The third-order valence-electron chi connectivity index (χ3n) is 3.58. The number of H-pyrrole nitrogens is 1. The lowest BCUT2D eigenvalue weighted by atomic mass is 10.1. The molecule has 3 aromatic rings. The monoisotopic (exact) mass is 282 g/mol. The summed E-state index contributed by atoms with van der Waals surface area (Å²) in [7, 11) is 1.89. The van der Waals surface area contributed by atoms with Crippen LogP contribution in [0, 0.1) is 0 Å². The van der Waals surface area contributed by atoms with Gasteiger partial charge in [-0.3, -0.25) is 9.48 Å². The Balaban J connectivity index is 1.73. The van der Waals surface area contributed by atoms with E-state index in [1.165, 1.54) is 0 Å². The smallest absolute Gasteiger partial charge is 0.251 e. The Morgan fingerprint density at radius 1 is 1.38 bits per heavy atom. The molecule has 0 spiro atoms. The first-order valence-corrected chi connectivity index (χ1v) is 7.04. The summed E-state index contributed by atoms with van der Waals surface area (Å²) in [4.78, 5) is 15.4. The molecule has 0 aliphatic carbocycles. The number of benzene rings is 1. The molecule has 2 heterocycles. The second kappa shape index (κ2) is 5.44. The van der Waals surface area contributed by atoms with E-state index in [0.717, 1.165) is 28.6 Å². The highest BCUT2D eigenvalue weighted by atomic mass is 16.1. The topological polar surface area (TPSA) is 62.7 Å². The van der Waals surface area contributed by atoms with Gasteiger partial charge in [0.1, 0.15) is 0 Å². The molecule has 0 saturated heterocycles. The Hall–Kier alpha value is -2.56. The number of carbonyl (C=O) groups excluding carboxylic acids is 1. The predicted molar refractivity (Wildman–Crippen MR) is 82.1 cm³/mol. The number of amides is 1. The molecule has 3 rings (SSSR count). The Morgan fingerprint density at radius 2 is 2.24 bits per heavy atom. The molecule has 5 nitrogen and oxygen atoms in total. The number of aromatic nitrogens is 3. The van der Waals surface area contributed by atoms with Crippen molar-refractivity contribution >= 4 is 16.8 Å². The molecule has 0 atom stereocenters. The average molecular weight is 282 g/mol. The number of hydrogen-bond donors (Lipinski definition) is 2. The maximum absolute atomic E-state index is 12.2. The highest BCUT2D eigenvalue weighted by molar-refractivity contribution is 5.98. The highest BCUT2D eigenvalue weighted by Gasteiger charge is 2.10. The van der Waals surface area contributed by atoms with Gasteiger partial charge in [0.2, 0.25) is 0 Å². The third-order valence-corrected chi connectivity index (χ3v) is 3.58. The lowest BCUT2D eigenvalue weighted by molar-refractivity contribution is 0.0951. The fourth-order valence-corrected chi connectivity index (χ4v) is 2.50. The molecule has 0 bridgehead atoms.